The van der Waals surface area contributed by atoms with Crippen molar-refractivity contribution in [2.75, 3.05) is 26.3 Å². The Bertz CT molecular complexity index is 277. The van der Waals surface area contributed by atoms with E-state index in [1.165, 1.54) is 0 Å². The Labute approximate surface area is 107 Å². The fraction of sp³-hybridized carbons (Fsp3) is 0.833. The molecule has 2 atom stereocenters. The van der Waals surface area contributed by atoms with Gasteiger partial charge in [-0.3, -0.25) is 9.59 Å². The number of ether oxygens (including phenoxy) is 1. The van der Waals surface area contributed by atoms with Gasteiger partial charge >= 0.3 is 5.97 Å². The van der Waals surface area contributed by atoms with Gasteiger partial charge in [-0.05, 0) is 12.8 Å². The van der Waals surface area contributed by atoms with Crippen molar-refractivity contribution in [3.05, 3.63) is 0 Å². The van der Waals surface area contributed by atoms with Gasteiger partial charge in [-0.1, -0.05) is 6.92 Å². The molecule has 3 N–H and O–H groups in total. The molecule has 1 fully saturated rings. The first-order valence-electron chi connectivity index (χ1n) is 6.40. The third kappa shape index (κ3) is 5.97. The van der Waals surface area contributed by atoms with Gasteiger partial charge in [-0.25, -0.2) is 0 Å². The lowest BCUT2D eigenvalue weighted by Crippen LogP contribution is -2.44. The lowest BCUT2D eigenvalue weighted by Gasteiger charge is -2.23. The minimum Gasteiger partial charge on any atom is -0.481 e. The number of aliphatic carboxylic acids is 1. The van der Waals surface area contributed by atoms with E-state index in [-0.39, 0.29) is 17.9 Å². The maximum absolute atomic E-state index is 11.6. The number of hydrogen-bond donors (Lipinski definition) is 3. The van der Waals surface area contributed by atoms with Gasteiger partial charge in [0.05, 0.1) is 19.1 Å². The summed E-state index contributed by atoms with van der Waals surface area (Å²) < 4.78 is 5.26. The zero-order valence-corrected chi connectivity index (χ0v) is 10.8. The van der Waals surface area contributed by atoms with Gasteiger partial charge in [0.1, 0.15) is 0 Å². The van der Waals surface area contributed by atoms with Crippen LogP contribution in [0.5, 0.6) is 0 Å². The van der Waals surface area contributed by atoms with Crippen molar-refractivity contribution in [2.24, 2.45) is 5.92 Å². The van der Waals surface area contributed by atoms with Crippen molar-refractivity contribution in [2.45, 2.75) is 32.2 Å². The monoisotopic (exact) mass is 258 g/mol. The highest BCUT2D eigenvalue weighted by Gasteiger charge is 2.16. The smallest absolute Gasteiger partial charge is 0.306 e. The van der Waals surface area contributed by atoms with Crippen LogP contribution in [0.4, 0.5) is 0 Å². The molecule has 1 amide bonds. The van der Waals surface area contributed by atoms with E-state index in [0.717, 1.165) is 6.54 Å². The van der Waals surface area contributed by atoms with Gasteiger partial charge in [0, 0.05) is 25.6 Å². The zero-order chi connectivity index (χ0) is 13.4. The summed E-state index contributed by atoms with van der Waals surface area (Å²) in [4.78, 5) is 22.1. The SMILES string of the molecule is CC(CCCNC(=O)CC1COCCN1)C(=O)O. The largest absolute Gasteiger partial charge is 0.481 e. The Hall–Kier alpha value is -1.14. The third-order valence-electron chi connectivity index (χ3n) is 2.99. The van der Waals surface area contributed by atoms with Crippen LogP contribution in [0.25, 0.3) is 0 Å². The first kappa shape index (κ1) is 14.9. The number of carbonyl (C=O) groups is 2. The Morgan fingerprint density at radius 2 is 2.33 bits per heavy atom. The number of amides is 1. The topological polar surface area (TPSA) is 87.7 Å². The standard InChI is InChI=1S/C12H22N2O4/c1-9(12(16)17)3-2-4-14-11(15)7-10-8-18-6-5-13-10/h9-10,13H,2-8H2,1H3,(H,14,15)(H,16,17). The van der Waals surface area contributed by atoms with Gasteiger partial charge in [-0.15, -0.1) is 0 Å². The number of nitrogens with one attached hydrogen (secondary N) is 2. The van der Waals surface area contributed by atoms with E-state index in [1.807, 2.05) is 0 Å². The fourth-order valence-corrected chi connectivity index (χ4v) is 1.81. The summed E-state index contributed by atoms with van der Waals surface area (Å²) in [5, 5.41) is 14.7. The Morgan fingerprint density at radius 3 is 2.94 bits per heavy atom. The number of carboxylic acids is 1. The maximum atomic E-state index is 11.6. The molecular formula is C12H22N2O4. The Kier molecular flexibility index (Phi) is 6.67. The molecule has 2 unspecified atom stereocenters. The van der Waals surface area contributed by atoms with Gasteiger partial charge in [-0.2, -0.15) is 0 Å². The molecule has 1 saturated heterocycles. The quantitative estimate of drug-likeness (QED) is 0.559. The molecule has 6 heteroatoms. The lowest BCUT2D eigenvalue weighted by molar-refractivity contribution is -0.141. The molecule has 1 aliphatic rings. The second kappa shape index (κ2) is 8.05. The average molecular weight is 258 g/mol. The highest BCUT2D eigenvalue weighted by Crippen LogP contribution is 2.04. The molecule has 0 bridgehead atoms. The highest BCUT2D eigenvalue weighted by molar-refractivity contribution is 5.76. The normalized spacial score (nSPS) is 21.3. The van der Waals surface area contributed by atoms with Crippen LogP contribution in [0.3, 0.4) is 0 Å². The van der Waals surface area contributed by atoms with Gasteiger partial charge in [0.2, 0.25) is 5.91 Å². The van der Waals surface area contributed by atoms with Crippen LogP contribution < -0.4 is 10.6 Å². The number of rotatable bonds is 7. The van der Waals surface area contributed by atoms with Crippen LogP contribution in [0, 0.1) is 5.92 Å². The van der Waals surface area contributed by atoms with Gasteiger partial charge in [0.15, 0.2) is 0 Å². The van der Waals surface area contributed by atoms with Crippen molar-refractivity contribution in [3.8, 4) is 0 Å². The van der Waals surface area contributed by atoms with E-state index in [2.05, 4.69) is 10.6 Å². The second-order valence-electron chi connectivity index (χ2n) is 4.66. The number of hydrogen-bond acceptors (Lipinski definition) is 4. The minimum atomic E-state index is -0.787. The molecule has 0 spiro atoms. The minimum absolute atomic E-state index is 0.0130. The van der Waals surface area contributed by atoms with Crippen LogP contribution in [0.15, 0.2) is 0 Å². The molecule has 0 radical (unpaired) electrons. The predicted octanol–water partition coefficient (Wildman–Crippen LogP) is -0.0180. The van der Waals surface area contributed by atoms with Crippen LogP contribution in [0.2, 0.25) is 0 Å². The average Bonchev–Trinajstić information content (AvgIpc) is 2.35. The summed E-state index contributed by atoms with van der Waals surface area (Å²) in [6, 6.07) is 0.0942. The lowest BCUT2D eigenvalue weighted by atomic mass is 10.1. The molecular weight excluding hydrogens is 236 g/mol. The molecule has 1 aliphatic heterocycles. The van der Waals surface area contributed by atoms with E-state index in [1.54, 1.807) is 6.92 Å². The van der Waals surface area contributed by atoms with Crippen LogP contribution in [-0.4, -0.2) is 49.3 Å². The molecule has 0 aromatic carbocycles. The Morgan fingerprint density at radius 1 is 1.56 bits per heavy atom. The van der Waals surface area contributed by atoms with Crippen LogP contribution in [-0.2, 0) is 14.3 Å². The second-order valence-corrected chi connectivity index (χ2v) is 4.66. The zero-order valence-electron chi connectivity index (χ0n) is 10.8. The summed E-state index contributed by atoms with van der Waals surface area (Å²) in [5.74, 6) is -1.15. The third-order valence-corrected chi connectivity index (χ3v) is 2.99. The first-order valence-corrected chi connectivity index (χ1v) is 6.40. The maximum Gasteiger partial charge on any atom is 0.306 e. The van der Waals surface area contributed by atoms with Crippen LogP contribution in [0.1, 0.15) is 26.2 Å². The van der Waals surface area contributed by atoms with Gasteiger partial charge in [0.25, 0.3) is 0 Å². The number of carboxylic acid groups (broad SMARTS) is 1. The Balaban J connectivity index is 2.04. The molecule has 0 saturated carbocycles. The van der Waals surface area contributed by atoms with Gasteiger partial charge < -0.3 is 20.5 Å². The molecule has 1 rings (SSSR count). The summed E-state index contributed by atoms with van der Waals surface area (Å²) >= 11 is 0. The molecule has 0 aliphatic carbocycles. The summed E-state index contributed by atoms with van der Waals surface area (Å²) in [6.07, 6.45) is 1.68. The van der Waals surface area contributed by atoms with Crippen molar-refractivity contribution in [1.29, 1.82) is 0 Å². The van der Waals surface area contributed by atoms with Crippen molar-refractivity contribution < 1.29 is 19.4 Å². The van der Waals surface area contributed by atoms with E-state index in [4.69, 9.17) is 9.84 Å². The number of carbonyl (C=O) groups excluding carboxylic acids is 1. The van der Waals surface area contributed by atoms with Crippen LogP contribution >= 0.6 is 0 Å². The predicted molar refractivity (Wildman–Crippen MR) is 66.3 cm³/mol. The van der Waals surface area contributed by atoms with E-state index in [0.29, 0.717) is 39.0 Å². The van der Waals surface area contributed by atoms with Crippen molar-refractivity contribution in [1.82, 2.24) is 10.6 Å². The highest BCUT2D eigenvalue weighted by atomic mass is 16.5. The van der Waals surface area contributed by atoms with Crippen molar-refractivity contribution in [3.63, 3.8) is 0 Å². The molecule has 1 heterocycles. The van der Waals surface area contributed by atoms with E-state index >= 15 is 0 Å². The first-order chi connectivity index (χ1) is 8.59. The molecule has 18 heavy (non-hydrogen) atoms. The van der Waals surface area contributed by atoms with Crippen molar-refractivity contribution >= 4 is 11.9 Å². The van der Waals surface area contributed by atoms with E-state index in [9.17, 15) is 9.59 Å². The summed E-state index contributed by atoms with van der Waals surface area (Å²) in [7, 11) is 0. The number of morpholine rings is 1. The van der Waals surface area contributed by atoms with E-state index < -0.39 is 5.97 Å². The molecule has 6 nitrogen and oxygen atoms in total. The molecule has 0 aromatic rings. The summed E-state index contributed by atoms with van der Waals surface area (Å²) in [5.41, 5.74) is 0. The molecule has 0 aromatic heterocycles. The molecule has 104 valence electrons. The fourth-order valence-electron chi connectivity index (χ4n) is 1.81. The summed E-state index contributed by atoms with van der Waals surface area (Å²) in [6.45, 7) is 4.26.